The van der Waals surface area contributed by atoms with Gasteiger partial charge in [-0.3, -0.25) is 14.6 Å². The van der Waals surface area contributed by atoms with Crippen molar-refractivity contribution in [2.45, 2.75) is 45.8 Å². The Morgan fingerprint density at radius 3 is 2.35 bits per heavy atom. The van der Waals surface area contributed by atoms with E-state index in [-0.39, 0.29) is 0 Å². The number of aryl methyl sites for hydroxylation is 1. The van der Waals surface area contributed by atoms with Crippen LogP contribution in [0.4, 0.5) is 0 Å². The number of likely N-dealkylation sites (tertiary alicyclic amines) is 1. The summed E-state index contributed by atoms with van der Waals surface area (Å²) in [5.74, 6) is 1.20. The molecule has 6 nitrogen and oxygen atoms in total. The molecule has 1 amide bonds. The zero-order chi connectivity index (χ0) is 21.5. The van der Waals surface area contributed by atoms with Gasteiger partial charge in [0.05, 0.1) is 12.2 Å². The van der Waals surface area contributed by atoms with Crippen molar-refractivity contribution in [3.05, 3.63) is 45.9 Å². The third-order valence-corrected chi connectivity index (χ3v) is 7.02. The van der Waals surface area contributed by atoms with Crippen molar-refractivity contribution in [1.29, 1.82) is 0 Å². The van der Waals surface area contributed by atoms with Gasteiger partial charge >= 0.3 is 0 Å². The highest BCUT2D eigenvalue weighted by Crippen LogP contribution is 2.18. The Morgan fingerprint density at radius 1 is 0.968 bits per heavy atom. The Morgan fingerprint density at radius 2 is 1.65 bits per heavy atom. The number of amides is 1. The molecule has 0 saturated carbocycles. The highest BCUT2D eigenvalue weighted by molar-refractivity contribution is 7.09. The van der Waals surface area contributed by atoms with Crippen molar-refractivity contribution in [1.82, 2.24) is 19.7 Å². The number of benzene rings is 1. The first-order valence-corrected chi connectivity index (χ1v) is 12.4. The van der Waals surface area contributed by atoms with Crippen LogP contribution in [0.15, 0.2) is 29.6 Å². The van der Waals surface area contributed by atoms with E-state index in [1.165, 1.54) is 18.4 Å². The molecule has 0 spiro atoms. The SMILES string of the molecule is Cc1ccc(OCc2nc(CN3CCN(CC(=O)N4CCCCCC4)CC3)cs2)cc1. The number of carbonyl (C=O) groups excluding carboxylic acids is 1. The van der Waals surface area contributed by atoms with Gasteiger partial charge in [-0.05, 0) is 31.9 Å². The maximum atomic E-state index is 12.6. The average molecular weight is 443 g/mol. The number of rotatable bonds is 7. The van der Waals surface area contributed by atoms with Crippen molar-refractivity contribution >= 4 is 17.2 Å². The minimum Gasteiger partial charge on any atom is -0.486 e. The average Bonchev–Trinajstić information content (AvgIpc) is 3.04. The normalized spacial score (nSPS) is 18.7. The van der Waals surface area contributed by atoms with Gasteiger partial charge in [-0.1, -0.05) is 30.5 Å². The van der Waals surface area contributed by atoms with E-state index in [9.17, 15) is 4.79 Å². The maximum absolute atomic E-state index is 12.6. The lowest BCUT2D eigenvalue weighted by Gasteiger charge is -2.35. The predicted octanol–water partition coefficient (Wildman–Crippen LogP) is 3.55. The fourth-order valence-corrected chi connectivity index (χ4v) is 4.91. The van der Waals surface area contributed by atoms with Gasteiger partial charge in [0, 0.05) is 51.2 Å². The minimum atomic E-state index is 0.313. The summed E-state index contributed by atoms with van der Waals surface area (Å²) < 4.78 is 5.85. The molecule has 2 fully saturated rings. The second-order valence-electron chi connectivity index (χ2n) is 8.68. The van der Waals surface area contributed by atoms with Crippen LogP contribution in [0.1, 0.15) is 41.9 Å². The molecule has 2 aliphatic rings. The standard InChI is InChI=1S/C24H34N4O2S/c1-20-6-8-22(9-7-20)30-18-23-25-21(19-31-23)16-26-12-14-27(15-13-26)17-24(29)28-10-4-2-3-5-11-28/h6-9,19H,2-5,10-18H2,1H3. The van der Waals surface area contributed by atoms with E-state index in [4.69, 9.17) is 9.72 Å². The molecule has 0 unspecified atom stereocenters. The monoisotopic (exact) mass is 442 g/mol. The van der Waals surface area contributed by atoms with Gasteiger partial charge in [0.15, 0.2) is 0 Å². The molecule has 0 atom stereocenters. The zero-order valence-corrected chi connectivity index (χ0v) is 19.4. The predicted molar refractivity (Wildman–Crippen MR) is 124 cm³/mol. The third-order valence-electron chi connectivity index (χ3n) is 6.15. The summed E-state index contributed by atoms with van der Waals surface area (Å²) in [5.41, 5.74) is 2.34. The molecule has 2 aromatic rings. The maximum Gasteiger partial charge on any atom is 0.236 e. The molecule has 168 valence electrons. The Bertz CT molecular complexity index is 822. The first-order valence-electron chi connectivity index (χ1n) is 11.5. The molecule has 1 aromatic heterocycles. The Kier molecular flexibility index (Phi) is 7.94. The smallest absolute Gasteiger partial charge is 0.236 e. The zero-order valence-electron chi connectivity index (χ0n) is 18.6. The number of thiazole rings is 1. The van der Waals surface area contributed by atoms with E-state index in [2.05, 4.69) is 39.1 Å². The van der Waals surface area contributed by atoms with Crippen LogP contribution in [0.5, 0.6) is 5.75 Å². The molecule has 0 N–H and O–H groups in total. The quantitative estimate of drug-likeness (QED) is 0.656. The van der Waals surface area contributed by atoms with E-state index in [0.717, 1.165) is 75.1 Å². The van der Waals surface area contributed by atoms with Crippen molar-refractivity contribution in [2.24, 2.45) is 0 Å². The van der Waals surface area contributed by atoms with Crippen LogP contribution in [-0.2, 0) is 17.9 Å². The molecular weight excluding hydrogens is 408 g/mol. The van der Waals surface area contributed by atoms with Crippen molar-refractivity contribution < 1.29 is 9.53 Å². The molecule has 2 saturated heterocycles. The molecule has 0 radical (unpaired) electrons. The summed E-state index contributed by atoms with van der Waals surface area (Å²) in [4.78, 5) is 24.2. The van der Waals surface area contributed by atoms with Gasteiger partial charge in [-0.15, -0.1) is 11.3 Å². The van der Waals surface area contributed by atoms with Crippen LogP contribution in [0, 0.1) is 6.92 Å². The minimum absolute atomic E-state index is 0.313. The van der Waals surface area contributed by atoms with Gasteiger partial charge in [-0.2, -0.15) is 0 Å². The molecule has 0 aliphatic carbocycles. The lowest BCUT2D eigenvalue weighted by Crippen LogP contribution is -2.49. The molecule has 1 aromatic carbocycles. The van der Waals surface area contributed by atoms with Gasteiger partial charge in [0.1, 0.15) is 17.4 Å². The summed E-state index contributed by atoms with van der Waals surface area (Å²) in [6.07, 6.45) is 4.84. The lowest BCUT2D eigenvalue weighted by atomic mass is 10.2. The summed E-state index contributed by atoms with van der Waals surface area (Å²) >= 11 is 1.66. The molecule has 3 heterocycles. The number of aromatic nitrogens is 1. The van der Waals surface area contributed by atoms with Crippen molar-refractivity contribution in [3.63, 3.8) is 0 Å². The number of nitrogens with zero attached hydrogens (tertiary/aromatic N) is 4. The van der Waals surface area contributed by atoms with E-state index in [1.54, 1.807) is 11.3 Å². The van der Waals surface area contributed by atoms with Crippen LogP contribution >= 0.6 is 11.3 Å². The van der Waals surface area contributed by atoms with E-state index >= 15 is 0 Å². The number of piperazine rings is 1. The van der Waals surface area contributed by atoms with E-state index in [1.807, 2.05) is 12.1 Å². The number of hydrogen-bond donors (Lipinski definition) is 0. The largest absolute Gasteiger partial charge is 0.486 e. The van der Waals surface area contributed by atoms with Crippen LogP contribution in [0.3, 0.4) is 0 Å². The summed E-state index contributed by atoms with van der Waals surface area (Å²) in [5, 5.41) is 3.15. The highest BCUT2D eigenvalue weighted by atomic mass is 32.1. The fraction of sp³-hybridized carbons (Fsp3) is 0.583. The van der Waals surface area contributed by atoms with Crippen LogP contribution < -0.4 is 4.74 Å². The van der Waals surface area contributed by atoms with Gasteiger partial charge in [0.25, 0.3) is 0 Å². The van der Waals surface area contributed by atoms with E-state index < -0.39 is 0 Å². The first kappa shape index (κ1) is 22.2. The van der Waals surface area contributed by atoms with E-state index in [0.29, 0.717) is 19.1 Å². The van der Waals surface area contributed by atoms with Crippen LogP contribution in [0.25, 0.3) is 0 Å². The topological polar surface area (TPSA) is 48.9 Å². The van der Waals surface area contributed by atoms with Gasteiger partial charge in [0.2, 0.25) is 5.91 Å². The summed E-state index contributed by atoms with van der Waals surface area (Å²) in [7, 11) is 0. The highest BCUT2D eigenvalue weighted by Gasteiger charge is 2.22. The molecule has 31 heavy (non-hydrogen) atoms. The molecule has 0 bridgehead atoms. The lowest BCUT2D eigenvalue weighted by molar-refractivity contribution is -0.132. The van der Waals surface area contributed by atoms with Gasteiger partial charge in [-0.25, -0.2) is 4.98 Å². The van der Waals surface area contributed by atoms with Crippen molar-refractivity contribution in [3.8, 4) is 5.75 Å². The molecule has 2 aliphatic heterocycles. The first-order chi connectivity index (χ1) is 15.2. The van der Waals surface area contributed by atoms with Gasteiger partial charge < -0.3 is 9.64 Å². The number of hydrogen-bond acceptors (Lipinski definition) is 6. The second-order valence-corrected chi connectivity index (χ2v) is 9.62. The summed E-state index contributed by atoms with van der Waals surface area (Å²) in [6.45, 7) is 9.79. The second kappa shape index (κ2) is 11.1. The van der Waals surface area contributed by atoms with Crippen molar-refractivity contribution in [2.75, 3.05) is 45.8 Å². The van der Waals surface area contributed by atoms with Crippen LogP contribution in [-0.4, -0.2) is 71.4 Å². The Balaban J connectivity index is 1.18. The fourth-order valence-electron chi connectivity index (χ4n) is 4.21. The Labute approximate surface area is 189 Å². The molecular formula is C24H34N4O2S. The number of carbonyl (C=O) groups is 1. The number of ether oxygens (including phenoxy) is 1. The summed E-state index contributed by atoms with van der Waals surface area (Å²) in [6, 6.07) is 8.12. The molecule has 7 heteroatoms. The van der Waals surface area contributed by atoms with Crippen LogP contribution in [0.2, 0.25) is 0 Å². The molecule has 4 rings (SSSR count). The Hall–Kier alpha value is -1.96. The third kappa shape index (κ3) is 6.76.